The normalized spacial score (nSPS) is 13.4. The molecule has 8 heavy (non-hydrogen) atoms. The molecule has 0 bridgehead atoms. The molecule has 48 valence electrons. The molecular formula is C7H15N. The lowest BCUT2D eigenvalue weighted by Gasteiger charge is -2.08. The second-order valence-electron chi connectivity index (χ2n) is 2.17. The van der Waals surface area contributed by atoms with Gasteiger partial charge in [0, 0.05) is 6.54 Å². The third kappa shape index (κ3) is 2.12. The van der Waals surface area contributed by atoms with Gasteiger partial charge in [-0.2, -0.15) is 0 Å². The Bertz CT molecular complexity index is 76.5. The average Bonchev–Trinajstić information content (AvgIpc) is 1.84. The van der Waals surface area contributed by atoms with E-state index in [0.29, 0.717) is 12.5 Å². The minimum absolute atomic E-state index is 0.597. The second kappa shape index (κ2) is 3.67. The Kier molecular flexibility index (Phi) is 3.53. The van der Waals surface area contributed by atoms with Crippen molar-refractivity contribution in [3.63, 3.8) is 0 Å². The van der Waals surface area contributed by atoms with E-state index in [9.17, 15) is 0 Å². The monoisotopic (exact) mass is 113 g/mol. The zero-order chi connectivity index (χ0) is 6.57. The molecule has 0 aliphatic rings. The molecule has 1 atom stereocenters. The zero-order valence-corrected chi connectivity index (χ0v) is 5.78. The van der Waals surface area contributed by atoms with Crippen LogP contribution in [0.1, 0.15) is 20.3 Å². The maximum Gasteiger partial charge on any atom is 0.0136 e. The van der Waals surface area contributed by atoms with Gasteiger partial charge in [0.15, 0.2) is 0 Å². The Balaban J connectivity index is 3.46. The molecule has 0 radical (unpaired) electrons. The van der Waals surface area contributed by atoms with E-state index in [4.69, 9.17) is 5.73 Å². The van der Waals surface area contributed by atoms with Crippen LogP contribution >= 0.6 is 0 Å². The summed E-state index contributed by atoms with van der Waals surface area (Å²) in [6.07, 6.45) is 1.15. The Morgan fingerprint density at radius 1 is 1.75 bits per heavy atom. The van der Waals surface area contributed by atoms with Crippen molar-refractivity contribution >= 4 is 0 Å². The summed E-state index contributed by atoms with van der Waals surface area (Å²) in [6, 6.07) is 0. The maximum absolute atomic E-state index is 5.35. The van der Waals surface area contributed by atoms with Gasteiger partial charge in [-0.15, -0.1) is 0 Å². The van der Waals surface area contributed by atoms with Crippen molar-refractivity contribution < 1.29 is 0 Å². The number of hydrogen-bond donors (Lipinski definition) is 1. The predicted molar refractivity (Wildman–Crippen MR) is 37.6 cm³/mol. The summed E-state index contributed by atoms with van der Waals surface area (Å²) >= 11 is 0. The molecule has 0 aromatic heterocycles. The van der Waals surface area contributed by atoms with Crippen molar-refractivity contribution in [2.45, 2.75) is 20.3 Å². The number of hydrogen-bond acceptors (Lipinski definition) is 1. The van der Waals surface area contributed by atoms with Crippen LogP contribution < -0.4 is 5.73 Å². The van der Waals surface area contributed by atoms with Crippen molar-refractivity contribution in [2.24, 2.45) is 11.7 Å². The molecule has 0 fully saturated rings. The number of nitrogens with two attached hydrogens (primary N) is 1. The van der Waals surface area contributed by atoms with Crippen LogP contribution in [0.5, 0.6) is 0 Å². The highest BCUT2D eigenvalue weighted by molar-refractivity contribution is 4.99. The molecule has 0 rings (SSSR count). The quantitative estimate of drug-likeness (QED) is 0.552. The van der Waals surface area contributed by atoms with E-state index in [1.807, 2.05) is 0 Å². The van der Waals surface area contributed by atoms with Crippen molar-refractivity contribution in [3.8, 4) is 0 Å². The molecule has 0 aromatic rings. The standard InChI is InChI=1S/C7H15N/c1-4-6(2)7(3)5-8/h6H,3-5,8H2,1-2H3. The topological polar surface area (TPSA) is 26.0 Å². The van der Waals surface area contributed by atoms with E-state index in [2.05, 4.69) is 20.4 Å². The van der Waals surface area contributed by atoms with Crippen molar-refractivity contribution in [1.82, 2.24) is 0 Å². The van der Waals surface area contributed by atoms with Crippen LogP contribution in [0.25, 0.3) is 0 Å². The highest BCUT2D eigenvalue weighted by Gasteiger charge is 1.99. The van der Waals surface area contributed by atoms with Crippen LogP contribution in [0.3, 0.4) is 0 Å². The third-order valence-electron chi connectivity index (χ3n) is 1.57. The largest absolute Gasteiger partial charge is 0.327 e. The average molecular weight is 113 g/mol. The van der Waals surface area contributed by atoms with Crippen LogP contribution in [0.4, 0.5) is 0 Å². The van der Waals surface area contributed by atoms with Crippen LogP contribution in [0, 0.1) is 5.92 Å². The fourth-order valence-corrected chi connectivity index (χ4v) is 0.490. The van der Waals surface area contributed by atoms with Crippen molar-refractivity contribution in [2.75, 3.05) is 6.54 Å². The lowest BCUT2D eigenvalue weighted by molar-refractivity contribution is 0.645. The first-order valence-corrected chi connectivity index (χ1v) is 3.10. The van der Waals surface area contributed by atoms with Gasteiger partial charge in [-0.25, -0.2) is 0 Å². The SMILES string of the molecule is C=C(CN)C(C)CC. The fraction of sp³-hybridized carbons (Fsp3) is 0.714. The molecule has 0 aliphatic carbocycles. The van der Waals surface area contributed by atoms with Gasteiger partial charge in [0.05, 0.1) is 0 Å². The van der Waals surface area contributed by atoms with Gasteiger partial charge in [-0.05, 0) is 12.3 Å². The first kappa shape index (κ1) is 7.70. The van der Waals surface area contributed by atoms with Gasteiger partial charge in [-0.3, -0.25) is 0 Å². The molecule has 0 amide bonds. The summed E-state index contributed by atoms with van der Waals surface area (Å²) in [5, 5.41) is 0. The fourth-order valence-electron chi connectivity index (χ4n) is 0.490. The summed E-state index contributed by atoms with van der Waals surface area (Å²) < 4.78 is 0. The predicted octanol–water partition coefficient (Wildman–Crippen LogP) is 1.55. The van der Waals surface area contributed by atoms with Crippen LogP contribution in [-0.4, -0.2) is 6.54 Å². The molecule has 1 heteroatoms. The molecule has 0 aromatic carbocycles. The molecule has 1 nitrogen and oxygen atoms in total. The van der Waals surface area contributed by atoms with E-state index in [0.717, 1.165) is 12.0 Å². The Morgan fingerprint density at radius 3 is 2.38 bits per heavy atom. The molecule has 0 aliphatic heterocycles. The Morgan fingerprint density at radius 2 is 2.25 bits per heavy atom. The minimum Gasteiger partial charge on any atom is -0.327 e. The molecule has 2 N–H and O–H groups in total. The molecule has 0 saturated heterocycles. The molecule has 0 heterocycles. The summed E-state index contributed by atoms with van der Waals surface area (Å²) in [6.45, 7) is 8.75. The molecule has 0 spiro atoms. The maximum atomic E-state index is 5.35. The molecule has 1 unspecified atom stereocenters. The van der Waals surface area contributed by atoms with Crippen LogP contribution in [-0.2, 0) is 0 Å². The van der Waals surface area contributed by atoms with E-state index >= 15 is 0 Å². The highest BCUT2D eigenvalue weighted by Crippen LogP contribution is 2.09. The van der Waals surface area contributed by atoms with Crippen molar-refractivity contribution in [3.05, 3.63) is 12.2 Å². The minimum atomic E-state index is 0.597. The first-order chi connectivity index (χ1) is 3.72. The highest BCUT2D eigenvalue weighted by atomic mass is 14.5. The van der Waals surface area contributed by atoms with E-state index in [1.165, 1.54) is 0 Å². The third-order valence-corrected chi connectivity index (χ3v) is 1.57. The van der Waals surface area contributed by atoms with Gasteiger partial charge >= 0.3 is 0 Å². The van der Waals surface area contributed by atoms with Gasteiger partial charge in [0.25, 0.3) is 0 Å². The van der Waals surface area contributed by atoms with Gasteiger partial charge in [0.1, 0.15) is 0 Å². The van der Waals surface area contributed by atoms with E-state index < -0.39 is 0 Å². The molecule has 0 saturated carbocycles. The summed E-state index contributed by atoms with van der Waals surface area (Å²) in [7, 11) is 0. The first-order valence-electron chi connectivity index (χ1n) is 3.10. The number of rotatable bonds is 3. The summed E-state index contributed by atoms with van der Waals surface area (Å²) in [4.78, 5) is 0. The zero-order valence-electron chi connectivity index (χ0n) is 5.78. The lowest BCUT2D eigenvalue weighted by atomic mass is 10.0. The Labute approximate surface area is 51.6 Å². The van der Waals surface area contributed by atoms with Crippen LogP contribution in [0.15, 0.2) is 12.2 Å². The molecular weight excluding hydrogens is 98.1 g/mol. The van der Waals surface area contributed by atoms with Crippen molar-refractivity contribution in [1.29, 1.82) is 0 Å². The lowest BCUT2D eigenvalue weighted by Crippen LogP contribution is -2.08. The van der Waals surface area contributed by atoms with E-state index in [-0.39, 0.29) is 0 Å². The Hall–Kier alpha value is -0.300. The summed E-state index contributed by atoms with van der Waals surface area (Å²) in [5.74, 6) is 0.597. The summed E-state index contributed by atoms with van der Waals surface area (Å²) in [5.41, 5.74) is 6.51. The van der Waals surface area contributed by atoms with Gasteiger partial charge in [-0.1, -0.05) is 26.0 Å². The van der Waals surface area contributed by atoms with Gasteiger partial charge in [0.2, 0.25) is 0 Å². The van der Waals surface area contributed by atoms with Crippen LogP contribution in [0.2, 0.25) is 0 Å². The smallest absolute Gasteiger partial charge is 0.0136 e. The second-order valence-corrected chi connectivity index (χ2v) is 2.17. The van der Waals surface area contributed by atoms with E-state index in [1.54, 1.807) is 0 Å². The van der Waals surface area contributed by atoms with Gasteiger partial charge < -0.3 is 5.73 Å².